The van der Waals surface area contributed by atoms with Gasteiger partial charge < -0.3 is 10.0 Å². The van der Waals surface area contributed by atoms with Gasteiger partial charge in [0.2, 0.25) is 5.91 Å². The zero-order valence-corrected chi connectivity index (χ0v) is 16.5. The number of benzene rings is 3. The topological polar surface area (TPSA) is 40.5 Å². The average molecular weight is 407 g/mol. The van der Waals surface area contributed by atoms with Gasteiger partial charge in [0.25, 0.3) is 0 Å². The molecule has 1 unspecified atom stereocenters. The Morgan fingerprint density at radius 3 is 2.37 bits per heavy atom. The lowest BCUT2D eigenvalue weighted by atomic mass is 9.70. The van der Waals surface area contributed by atoms with Gasteiger partial charge in [-0.05, 0) is 54.3 Å². The van der Waals surface area contributed by atoms with Gasteiger partial charge in [0.15, 0.2) is 0 Å². The molecule has 1 N–H and O–H groups in total. The molecule has 0 saturated carbocycles. The van der Waals surface area contributed by atoms with E-state index in [4.69, 9.17) is 0 Å². The van der Waals surface area contributed by atoms with Gasteiger partial charge in [-0.25, -0.2) is 8.78 Å². The highest BCUT2D eigenvalue weighted by atomic mass is 19.1. The molecule has 0 bridgehead atoms. The summed E-state index contributed by atoms with van der Waals surface area (Å²) in [7, 11) is 0. The van der Waals surface area contributed by atoms with E-state index >= 15 is 0 Å². The molecule has 1 heterocycles. The van der Waals surface area contributed by atoms with Crippen LogP contribution in [0.25, 0.3) is 11.1 Å². The van der Waals surface area contributed by atoms with Gasteiger partial charge in [-0.1, -0.05) is 42.5 Å². The molecule has 1 amide bonds. The average Bonchev–Trinajstić information content (AvgIpc) is 2.76. The Kier molecular flexibility index (Phi) is 5.64. The van der Waals surface area contributed by atoms with Crippen molar-refractivity contribution in [3.8, 4) is 11.1 Å². The monoisotopic (exact) mass is 407 g/mol. The predicted molar refractivity (Wildman–Crippen MR) is 113 cm³/mol. The minimum atomic E-state index is -0.422. The second-order valence-electron chi connectivity index (χ2n) is 7.76. The molecule has 30 heavy (non-hydrogen) atoms. The maximum atomic E-state index is 14.4. The Morgan fingerprint density at radius 1 is 0.967 bits per heavy atom. The van der Waals surface area contributed by atoms with Crippen LogP contribution >= 0.6 is 0 Å². The fourth-order valence-corrected chi connectivity index (χ4v) is 4.34. The summed E-state index contributed by atoms with van der Waals surface area (Å²) < 4.78 is 27.7. The third-order valence-corrected chi connectivity index (χ3v) is 6.00. The van der Waals surface area contributed by atoms with E-state index < -0.39 is 11.2 Å². The van der Waals surface area contributed by atoms with Crippen LogP contribution in [0.15, 0.2) is 72.8 Å². The van der Waals surface area contributed by atoms with E-state index in [0.29, 0.717) is 36.2 Å². The van der Waals surface area contributed by atoms with Crippen molar-refractivity contribution in [3.05, 3.63) is 90.0 Å². The SMILES string of the molecule is O=C1CC(CCO)(c2ccccc2)CCN1c1ccc(F)c(-c2ccc(F)cc2)c1. The maximum Gasteiger partial charge on any atom is 0.227 e. The summed E-state index contributed by atoms with van der Waals surface area (Å²) in [6.07, 6.45) is 1.49. The van der Waals surface area contributed by atoms with Crippen LogP contribution in [0.1, 0.15) is 24.8 Å². The van der Waals surface area contributed by atoms with Crippen LogP contribution in [-0.4, -0.2) is 24.2 Å². The molecule has 1 fully saturated rings. The van der Waals surface area contributed by atoms with Crippen molar-refractivity contribution in [2.45, 2.75) is 24.7 Å². The summed E-state index contributed by atoms with van der Waals surface area (Å²) >= 11 is 0. The Morgan fingerprint density at radius 2 is 1.70 bits per heavy atom. The molecular formula is C25H23F2NO2. The van der Waals surface area contributed by atoms with Crippen molar-refractivity contribution in [1.29, 1.82) is 0 Å². The van der Waals surface area contributed by atoms with Gasteiger partial charge in [-0.3, -0.25) is 4.79 Å². The fraction of sp³-hybridized carbons (Fsp3) is 0.240. The number of hydrogen-bond acceptors (Lipinski definition) is 2. The molecule has 3 nitrogen and oxygen atoms in total. The van der Waals surface area contributed by atoms with E-state index in [1.165, 1.54) is 30.3 Å². The number of amides is 1. The van der Waals surface area contributed by atoms with Crippen LogP contribution in [-0.2, 0) is 10.2 Å². The molecule has 0 aromatic heterocycles. The van der Waals surface area contributed by atoms with E-state index in [9.17, 15) is 18.7 Å². The number of aliphatic hydroxyl groups excluding tert-OH is 1. The van der Waals surface area contributed by atoms with E-state index in [2.05, 4.69) is 0 Å². The molecule has 3 aromatic rings. The second kappa shape index (κ2) is 8.36. The molecule has 3 aromatic carbocycles. The lowest BCUT2D eigenvalue weighted by Crippen LogP contribution is -2.47. The highest BCUT2D eigenvalue weighted by molar-refractivity contribution is 5.96. The number of anilines is 1. The fourth-order valence-electron chi connectivity index (χ4n) is 4.34. The summed E-state index contributed by atoms with van der Waals surface area (Å²) in [4.78, 5) is 14.8. The van der Waals surface area contributed by atoms with Gasteiger partial charge in [0.05, 0.1) is 0 Å². The number of carbonyl (C=O) groups is 1. The van der Waals surface area contributed by atoms with Crippen molar-refractivity contribution in [2.24, 2.45) is 0 Å². The minimum Gasteiger partial charge on any atom is -0.396 e. The number of halogens is 2. The Labute approximate surface area is 174 Å². The van der Waals surface area contributed by atoms with Crippen LogP contribution in [0.5, 0.6) is 0 Å². The van der Waals surface area contributed by atoms with Crippen molar-refractivity contribution in [2.75, 3.05) is 18.1 Å². The molecule has 0 radical (unpaired) electrons. The third kappa shape index (κ3) is 3.85. The zero-order chi connectivity index (χ0) is 21.1. The largest absolute Gasteiger partial charge is 0.396 e. The first kappa shape index (κ1) is 20.2. The van der Waals surface area contributed by atoms with Crippen LogP contribution in [0, 0.1) is 11.6 Å². The van der Waals surface area contributed by atoms with Crippen molar-refractivity contribution < 1.29 is 18.7 Å². The summed E-state index contributed by atoms with van der Waals surface area (Å²) in [6, 6.07) is 20.0. The Hall–Kier alpha value is -3.05. The van der Waals surface area contributed by atoms with Crippen LogP contribution in [0.3, 0.4) is 0 Å². The molecule has 1 saturated heterocycles. The smallest absolute Gasteiger partial charge is 0.227 e. The molecule has 154 valence electrons. The van der Waals surface area contributed by atoms with Crippen LogP contribution in [0.4, 0.5) is 14.5 Å². The van der Waals surface area contributed by atoms with Gasteiger partial charge in [0, 0.05) is 36.2 Å². The quantitative estimate of drug-likeness (QED) is 0.641. The first-order valence-corrected chi connectivity index (χ1v) is 10.0. The zero-order valence-electron chi connectivity index (χ0n) is 16.5. The molecule has 0 spiro atoms. The normalized spacial score (nSPS) is 19.2. The number of piperidine rings is 1. The van der Waals surface area contributed by atoms with Crippen LogP contribution in [0.2, 0.25) is 0 Å². The Bertz CT molecular complexity index is 1040. The van der Waals surface area contributed by atoms with Crippen molar-refractivity contribution >= 4 is 11.6 Å². The van der Waals surface area contributed by atoms with E-state index in [-0.39, 0.29) is 24.8 Å². The number of nitrogens with zero attached hydrogens (tertiary/aromatic N) is 1. The summed E-state index contributed by atoms with van der Waals surface area (Å²) in [5.41, 5.74) is 2.16. The number of carbonyl (C=O) groups excluding carboxylic acids is 1. The van der Waals surface area contributed by atoms with Gasteiger partial charge >= 0.3 is 0 Å². The second-order valence-corrected chi connectivity index (χ2v) is 7.76. The standard InChI is InChI=1S/C25H23F2NO2/c26-20-8-6-18(7-9-20)22-16-21(10-11-23(22)27)28-14-12-25(13-15-29,17-24(28)30)19-4-2-1-3-5-19/h1-11,16,29H,12-15,17H2. The van der Waals surface area contributed by atoms with Crippen molar-refractivity contribution in [3.63, 3.8) is 0 Å². The first-order chi connectivity index (χ1) is 14.5. The van der Waals surface area contributed by atoms with E-state index in [1.807, 2.05) is 30.3 Å². The highest BCUT2D eigenvalue weighted by Gasteiger charge is 2.40. The number of hydrogen-bond donors (Lipinski definition) is 1. The number of rotatable bonds is 5. The van der Waals surface area contributed by atoms with Crippen molar-refractivity contribution in [1.82, 2.24) is 0 Å². The van der Waals surface area contributed by atoms with Gasteiger partial charge in [-0.2, -0.15) is 0 Å². The van der Waals surface area contributed by atoms with Gasteiger partial charge in [0.1, 0.15) is 11.6 Å². The molecule has 0 aliphatic carbocycles. The van der Waals surface area contributed by atoms with E-state index in [1.54, 1.807) is 17.0 Å². The maximum absolute atomic E-state index is 14.4. The van der Waals surface area contributed by atoms with E-state index in [0.717, 1.165) is 5.56 Å². The summed E-state index contributed by atoms with van der Waals surface area (Å²) in [5.74, 6) is -0.869. The molecule has 1 aliphatic rings. The number of aliphatic hydroxyl groups is 1. The van der Waals surface area contributed by atoms with Crippen LogP contribution < -0.4 is 4.90 Å². The minimum absolute atomic E-state index is 0.00738. The molecule has 5 heteroatoms. The highest BCUT2D eigenvalue weighted by Crippen LogP contribution is 2.40. The lowest BCUT2D eigenvalue weighted by molar-refractivity contribution is -0.121. The third-order valence-electron chi connectivity index (χ3n) is 6.00. The predicted octanol–water partition coefficient (Wildman–Crippen LogP) is 5.08. The molecule has 1 aliphatic heterocycles. The lowest BCUT2D eigenvalue weighted by Gasteiger charge is -2.41. The summed E-state index contributed by atoms with van der Waals surface area (Å²) in [5, 5.41) is 9.63. The van der Waals surface area contributed by atoms with Gasteiger partial charge in [-0.15, -0.1) is 0 Å². The molecular weight excluding hydrogens is 384 g/mol. The summed E-state index contributed by atoms with van der Waals surface area (Å²) in [6.45, 7) is 0.482. The first-order valence-electron chi connectivity index (χ1n) is 10.0. The molecule has 1 atom stereocenters. The molecule has 4 rings (SSSR count). The Balaban J connectivity index is 1.63.